The van der Waals surface area contributed by atoms with Gasteiger partial charge in [-0.1, -0.05) is 0 Å². The van der Waals surface area contributed by atoms with Crippen molar-refractivity contribution in [3.05, 3.63) is 0 Å². The van der Waals surface area contributed by atoms with Crippen LogP contribution in [0, 0.1) is 5.92 Å². The number of methoxy groups -OCH3 is 1. The zero-order valence-electron chi connectivity index (χ0n) is 8.23. The van der Waals surface area contributed by atoms with Crippen LogP contribution < -0.4 is 11.1 Å². The first kappa shape index (κ1) is 9.89. The minimum absolute atomic E-state index is 0.0230. The average Bonchev–Trinajstić information content (AvgIpc) is 2.59. The maximum Gasteiger partial charge on any atom is 0.246 e. The molecule has 1 saturated carbocycles. The van der Waals surface area contributed by atoms with Crippen molar-refractivity contribution in [1.82, 2.24) is 5.32 Å². The zero-order chi connectivity index (χ0) is 10.1. The van der Waals surface area contributed by atoms with Gasteiger partial charge in [-0.15, -0.1) is 0 Å². The number of hydrogen-bond donors (Lipinski definition) is 2. The minimum atomic E-state index is -0.123. The lowest BCUT2D eigenvalue weighted by Gasteiger charge is -2.45. The third-order valence-corrected chi connectivity index (χ3v) is 3.05. The number of nitrogens with one attached hydrogen (secondary N) is 1. The first-order valence-electron chi connectivity index (χ1n) is 4.89. The molecule has 4 unspecified atom stereocenters. The topological polar surface area (TPSA) is 73.6 Å². The van der Waals surface area contributed by atoms with Crippen LogP contribution in [0.25, 0.3) is 0 Å². The van der Waals surface area contributed by atoms with Crippen molar-refractivity contribution in [3.8, 4) is 0 Å². The van der Waals surface area contributed by atoms with Crippen molar-refractivity contribution >= 4 is 5.91 Å². The molecule has 80 valence electrons. The van der Waals surface area contributed by atoms with Gasteiger partial charge in [0.2, 0.25) is 5.91 Å². The third kappa shape index (κ3) is 1.51. The smallest absolute Gasteiger partial charge is 0.246 e. The number of carbonyl (C=O) groups excluding carboxylic acids is 1. The van der Waals surface area contributed by atoms with Crippen molar-refractivity contribution < 1.29 is 14.3 Å². The Bertz CT molecular complexity index is 234. The van der Waals surface area contributed by atoms with Crippen LogP contribution >= 0.6 is 0 Å². The van der Waals surface area contributed by atoms with Crippen LogP contribution in [0.3, 0.4) is 0 Å². The molecule has 1 amide bonds. The molecule has 2 rings (SSSR count). The van der Waals surface area contributed by atoms with Crippen molar-refractivity contribution in [2.24, 2.45) is 11.7 Å². The van der Waals surface area contributed by atoms with E-state index in [4.69, 9.17) is 15.2 Å². The molecular weight excluding hydrogens is 184 g/mol. The summed E-state index contributed by atoms with van der Waals surface area (Å²) in [6.45, 7) is 0.848. The SMILES string of the molecule is COCC(=O)NC1C(N)C2CCOC21. The lowest BCUT2D eigenvalue weighted by molar-refractivity contribution is -0.129. The Kier molecular flexibility index (Phi) is 2.71. The fourth-order valence-corrected chi connectivity index (χ4v) is 2.29. The second-order valence-electron chi connectivity index (χ2n) is 3.89. The molecule has 5 heteroatoms. The van der Waals surface area contributed by atoms with Gasteiger partial charge in [0.15, 0.2) is 0 Å². The van der Waals surface area contributed by atoms with Gasteiger partial charge in [0.1, 0.15) is 6.61 Å². The van der Waals surface area contributed by atoms with E-state index >= 15 is 0 Å². The van der Waals surface area contributed by atoms with Crippen LogP contribution in [0.2, 0.25) is 0 Å². The fourth-order valence-electron chi connectivity index (χ4n) is 2.29. The number of amides is 1. The van der Waals surface area contributed by atoms with E-state index in [1.807, 2.05) is 0 Å². The lowest BCUT2D eigenvalue weighted by atomic mass is 9.72. The van der Waals surface area contributed by atoms with Crippen molar-refractivity contribution in [3.63, 3.8) is 0 Å². The van der Waals surface area contributed by atoms with E-state index in [0.29, 0.717) is 5.92 Å². The Hall–Kier alpha value is -0.650. The molecule has 0 aromatic rings. The molecule has 14 heavy (non-hydrogen) atoms. The number of carbonyl (C=O) groups is 1. The summed E-state index contributed by atoms with van der Waals surface area (Å²) in [6.07, 6.45) is 1.15. The molecule has 1 aliphatic carbocycles. The van der Waals surface area contributed by atoms with E-state index in [1.54, 1.807) is 0 Å². The standard InChI is InChI=1S/C9H16N2O3/c1-13-4-6(12)11-8-7(10)5-2-3-14-9(5)8/h5,7-9H,2-4,10H2,1H3,(H,11,12). The maximum absolute atomic E-state index is 11.2. The monoisotopic (exact) mass is 200 g/mol. The molecule has 1 aliphatic heterocycles. The molecule has 2 fully saturated rings. The Morgan fingerprint density at radius 3 is 3.21 bits per heavy atom. The largest absolute Gasteiger partial charge is 0.376 e. The Balaban J connectivity index is 1.84. The Morgan fingerprint density at radius 2 is 2.50 bits per heavy atom. The maximum atomic E-state index is 11.2. The van der Waals surface area contributed by atoms with E-state index < -0.39 is 0 Å². The van der Waals surface area contributed by atoms with Crippen LogP contribution in [-0.2, 0) is 14.3 Å². The van der Waals surface area contributed by atoms with Gasteiger partial charge in [0.25, 0.3) is 0 Å². The van der Waals surface area contributed by atoms with Crippen LogP contribution in [0.1, 0.15) is 6.42 Å². The molecule has 3 N–H and O–H groups in total. The lowest BCUT2D eigenvalue weighted by Crippen LogP contribution is -2.69. The molecule has 5 nitrogen and oxygen atoms in total. The number of hydrogen-bond acceptors (Lipinski definition) is 4. The fraction of sp³-hybridized carbons (Fsp3) is 0.889. The van der Waals surface area contributed by atoms with Crippen LogP contribution in [0.15, 0.2) is 0 Å². The van der Waals surface area contributed by atoms with E-state index in [2.05, 4.69) is 5.32 Å². The number of fused-ring (bicyclic) bond motifs is 1. The highest BCUT2D eigenvalue weighted by Crippen LogP contribution is 2.37. The molecule has 1 saturated heterocycles. The molecule has 2 aliphatic rings. The van der Waals surface area contributed by atoms with Gasteiger partial charge >= 0.3 is 0 Å². The highest BCUT2D eigenvalue weighted by Gasteiger charge is 2.52. The van der Waals surface area contributed by atoms with Crippen LogP contribution in [0.4, 0.5) is 0 Å². The summed E-state index contributed by atoms with van der Waals surface area (Å²) < 4.78 is 10.2. The van der Waals surface area contributed by atoms with E-state index in [9.17, 15) is 4.79 Å². The molecule has 4 atom stereocenters. The summed E-state index contributed by atoms with van der Waals surface area (Å²) in [7, 11) is 1.50. The first-order chi connectivity index (χ1) is 6.74. The molecule has 0 aromatic heterocycles. The minimum Gasteiger partial charge on any atom is -0.376 e. The zero-order valence-corrected chi connectivity index (χ0v) is 8.23. The van der Waals surface area contributed by atoms with Gasteiger partial charge in [-0.3, -0.25) is 4.79 Å². The van der Waals surface area contributed by atoms with Crippen LogP contribution in [-0.4, -0.2) is 44.4 Å². The van der Waals surface area contributed by atoms with Gasteiger partial charge in [-0.25, -0.2) is 0 Å². The van der Waals surface area contributed by atoms with Crippen LogP contribution in [0.5, 0.6) is 0 Å². The number of rotatable bonds is 3. The number of ether oxygens (including phenoxy) is 2. The summed E-state index contributed by atoms with van der Waals surface area (Å²) in [5, 5.41) is 2.82. The summed E-state index contributed by atoms with van der Waals surface area (Å²) in [5.41, 5.74) is 5.92. The third-order valence-electron chi connectivity index (χ3n) is 3.05. The quantitative estimate of drug-likeness (QED) is 0.604. The Labute approximate surface area is 82.9 Å². The van der Waals surface area contributed by atoms with Gasteiger partial charge in [0, 0.05) is 25.7 Å². The molecule has 0 bridgehead atoms. The van der Waals surface area contributed by atoms with Gasteiger partial charge in [-0.05, 0) is 6.42 Å². The van der Waals surface area contributed by atoms with E-state index in [-0.39, 0.29) is 30.7 Å². The average molecular weight is 200 g/mol. The van der Waals surface area contributed by atoms with Crippen molar-refractivity contribution in [2.75, 3.05) is 20.3 Å². The normalized spacial score (nSPS) is 40.1. The second-order valence-corrected chi connectivity index (χ2v) is 3.89. The predicted molar refractivity (Wildman–Crippen MR) is 49.6 cm³/mol. The van der Waals surface area contributed by atoms with Gasteiger partial charge in [0.05, 0.1) is 12.1 Å². The van der Waals surface area contributed by atoms with E-state index in [1.165, 1.54) is 7.11 Å². The molecule has 0 radical (unpaired) electrons. The second kappa shape index (κ2) is 3.84. The molecular formula is C9H16N2O3. The van der Waals surface area contributed by atoms with Gasteiger partial charge in [-0.2, -0.15) is 0 Å². The summed E-state index contributed by atoms with van der Waals surface area (Å²) in [6, 6.07) is 0.0217. The molecule has 0 spiro atoms. The molecule has 1 heterocycles. The van der Waals surface area contributed by atoms with Crippen molar-refractivity contribution in [1.29, 1.82) is 0 Å². The van der Waals surface area contributed by atoms with Crippen molar-refractivity contribution in [2.45, 2.75) is 24.6 Å². The van der Waals surface area contributed by atoms with E-state index in [0.717, 1.165) is 13.0 Å². The summed E-state index contributed by atoms with van der Waals surface area (Å²) >= 11 is 0. The summed E-state index contributed by atoms with van der Waals surface area (Å²) in [4.78, 5) is 11.2. The molecule has 0 aromatic carbocycles. The van der Waals surface area contributed by atoms with Gasteiger partial charge < -0.3 is 20.5 Å². The Morgan fingerprint density at radius 1 is 1.71 bits per heavy atom. The summed E-state index contributed by atoms with van der Waals surface area (Å²) in [5.74, 6) is 0.310. The highest BCUT2D eigenvalue weighted by molar-refractivity contribution is 5.77. The first-order valence-corrected chi connectivity index (χ1v) is 4.89. The predicted octanol–water partition coefficient (Wildman–Crippen LogP) is -1.14. The number of nitrogens with two attached hydrogens (primary N) is 1. The highest BCUT2D eigenvalue weighted by atomic mass is 16.5.